The standard InChI is InChI=1S/C26H25F3N4O5/c1-16(2)38-25(37)32-20-14-30-23(18-11-7-4-8-12-18)33(24(20)36)15-21(34)31-19(22(35)26(27,28)29)13-17-9-5-3-6-10-17/h3-12,14,16,19H,13,15H2,1-2H3,(H,31,34)(H,32,37). The number of rotatable bonds is 9. The molecule has 1 unspecified atom stereocenters. The van der Waals surface area contributed by atoms with Crippen molar-refractivity contribution in [1.82, 2.24) is 14.9 Å². The molecule has 3 rings (SSSR count). The number of hydrogen-bond donors (Lipinski definition) is 2. The molecule has 0 aliphatic carbocycles. The molecular formula is C26H25F3N4O5. The maximum Gasteiger partial charge on any atom is 0.452 e. The predicted octanol–water partition coefficient (Wildman–Crippen LogP) is 3.73. The molecule has 0 aliphatic heterocycles. The van der Waals surface area contributed by atoms with E-state index in [2.05, 4.69) is 15.6 Å². The van der Waals surface area contributed by atoms with Crippen LogP contribution < -0.4 is 16.2 Å². The second-order valence-electron chi connectivity index (χ2n) is 8.50. The number of amides is 2. The molecule has 3 aromatic rings. The highest BCUT2D eigenvalue weighted by Gasteiger charge is 2.44. The summed E-state index contributed by atoms with van der Waals surface area (Å²) in [4.78, 5) is 54.4. The average molecular weight is 531 g/mol. The van der Waals surface area contributed by atoms with Crippen LogP contribution in [0.3, 0.4) is 0 Å². The number of nitrogens with one attached hydrogen (secondary N) is 2. The number of alkyl halides is 3. The van der Waals surface area contributed by atoms with E-state index in [0.717, 1.165) is 10.8 Å². The highest BCUT2D eigenvalue weighted by Crippen LogP contribution is 2.20. The zero-order valence-corrected chi connectivity index (χ0v) is 20.5. The quantitative estimate of drug-likeness (QED) is 0.435. The van der Waals surface area contributed by atoms with E-state index in [1.807, 2.05) is 0 Å². The molecule has 2 amide bonds. The molecule has 1 aromatic heterocycles. The zero-order chi connectivity index (χ0) is 27.9. The highest BCUT2D eigenvalue weighted by molar-refractivity contribution is 5.93. The van der Waals surface area contributed by atoms with Crippen LogP contribution in [0.4, 0.5) is 23.7 Å². The highest BCUT2D eigenvalue weighted by atomic mass is 19.4. The summed E-state index contributed by atoms with van der Waals surface area (Å²) >= 11 is 0. The minimum atomic E-state index is -5.19. The molecule has 0 saturated carbocycles. The Kier molecular flexibility index (Phi) is 9.00. The van der Waals surface area contributed by atoms with Crippen molar-refractivity contribution in [3.05, 3.63) is 82.8 Å². The maximum atomic E-state index is 13.3. The topological polar surface area (TPSA) is 119 Å². The second kappa shape index (κ2) is 12.2. The molecule has 0 fully saturated rings. The van der Waals surface area contributed by atoms with Crippen LogP contribution in [0.15, 0.2) is 71.7 Å². The average Bonchev–Trinajstić information content (AvgIpc) is 2.86. The zero-order valence-electron chi connectivity index (χ0n) is 20.5. The first-order valence-electron chi connectivity index (χ1n) is 11.5. The summed E-state index contributed by atoms with van der Waals surface area (Å²) in [6.07, 6.45) is -5.92. The van der Waals surface area contributed by atoms with Gasteiger partial charge in [0.2, 0.25) is 5.91 Å². The lowest BCUT2D eigenvalue weighted by Gasteiger charge is -2.20. The third-order valence-corrected chi connectivity index (χ3v) is 5.17. The molecule has 2 N–H and O–H groups in total. The molecule has 0 spiro atoms. The number of ketones is 1. The largest absolute Gasteiger partial charge is 0.452 e. The number of Topliss-reactive ketones (excluding diaryl/α,β-unsaturated/α-hetero) is 1. The number of ether oxygens (including phenoxy) is 1. The molecular weight excluding hydrogens is 505 g/mol. The lowest BCUT2D eigenvalue weighted by molar-refractivity contribution is -0.173. The first-order valence-corrected chi connectivity index (χ1v) is 11.5. The maximum absolute atomic E-state index is 13.3. The van der Waals surface area contributed by atoms with Crippen LogP contribution in [0.2, 0.25) is 0 Å². The van der Waals surface area contributed by atoms with Gasteiger partial charge >= 0.3 is 12.3 Å². The second-order valence-corrected chi connectivity index (χ2v) is 8.50. The van der Waals surface area contributed by atoms with Crippen molar-refractivity contribution in [3.63, 3.8) is 0 Å². The van der Waals surface area contributed by atoms with Crippen LogP contribution >= 0.6 is 0 Å². The van der Waals surface area contributed by atoms with E-state index in [4.69, 9.17) is 4.74 Å². The van der Waals surface area contributed by atoms with Gasteiger partial charge in [-0.05, 0) is 19.4 Å². The molecule has 200 valence electrons. The van der Waals surface area contributed by atoms with Crippen molar-refractivity contribution in [1.29, 1.82) is 0 Å². The number of halogens is 3. The number of hydrogen-bond acceptors (Lipinski definition) is 6. The molecule has 38 heavy (non-hydrogen) atoms. The lowest BCUT2D eigenvalue weighted by Crippen LogP contribution is -2.49. The normalized spacial score (nSPS) is 12.1. The fourth-order valence-electron chi connectivity index (χ4n) is 3.54. The first kappa shape index (κ1) is 28.1. The molecule has 0 aliphatic rings. The molecule has 1 heterocycles. The molecule has 0 bridgehead atoms. The monoisotopic (exact) mass is 530 g/mol. The fourth-order valence-corrected chi connectivity index (χ4v) is 3.54. The number of aromatic nitrogens is 2. The van der Waals surface area contributed by atoms with Crippen LogP contribution in [0, 0.1) is 0 Å². The smallest absolute Gasteiger partial charge is 0.447 e. The van der Waals surface area contributed by atoms with E-state index < -0.39 is 54.6 Å². The van der Waals surface area contributed by atoms with Gasteiger partial charge in [-0.2, -0.15) is 13.2 Å². The summed E-state index contributed by atoms with van der Waals surface area (Å²) in [7, 11) is 0. The summed E-state index contributed by atoms with van der Waals surface area (Å²) in [5, 5.41) is 4.36. The Bertz CT molecular complexity index is 1340. The van der Waals surface area contributed by atoms with E-state index in [1.54, 1.807) is 62.4 Å². The van der Waals surface area contributed by atoms with Gasteiger partial charge in [0.25, 0.3) is 11.3 Å². The Morgan fingerprint density at radius 1 is 1.00 bits per heavy atom. The number of benzene rings is 2. The van der Waals surface area contributed by atoms with Gasteiger partial charge in [-0.15, -0.1) is 0 Å². The first-order chi connectivity index (χ1) is 18.0. The summed E-state index contributed by atoms with van der Waals surface area (Å²) in [5.41, 5.74) is -0.332. The van der Waals surface area contributed by atoms with Crippen LogP contribution in [-0.2, 0) is 27.3 Å². The van der Waals surface area contributed by atoms with E-state index in [-0.39, 0.29) is 11.5 Å². The van der Waals surface area contributed by atoms with E-state index in [0.29, 0.717) is 11.1 Å². The van der Waals surface area contributed by atoms with Crippen molar-refractivity contribution in [2.24, 2.45) is 0 Å². The Morgan fingerprint density at radius 3 is 2.18 bits per heavy atom. The lowest BCUT2D eigenvalue weighted by atomic mass is 10.0. The molecule has 0 radical (unpaired) electrons. The Balaban J connectivity index is 1.94. The van der Waals surface area contributed by atoms with Gasteiger partial charge in [0.05, 0.1) is 12.3 Å². The van der Waals surface area contributed by atoms with Gasteiger partial charge in [0, 0.05) is 12.0 Å². The Labute approximate surface area is 215 Å². The number of nitrogens with zero attached hydrogens (tertiary/aromatic N) is 2. The van der Waals surface area contributed by atoms with Crippen molar-refractivity contribution >= 4 is 23.5 Å². The van der Waals surface area contributed by atoms with Gasteiger partial charge in [-0.3, -0.25) is 24.3 Å². The van der Waals surface area contributed by atoms with Gasteiger partial charge < -0.3 is 10.1 Å². The SMILES string of the molecule is CC(C)OC(=O)Nc1cnc(-c2ccccc2)n(CC(=O)NC(Cc2ccccc2)C(=O)C(F)(F)F)c1=O. The Hall–Kier alpha value is -4.48. The number of anilines is 1. The van der Waals surface area contributed by atoms with Crippen LogP contribution in [0.25, 0.3) is 11.4 Å². The van der Waals surface area contributed by atoms with E-state index in [1.165, 1.54) is 12.1 Å². The van der Waals surface area contributed by atoms with Crippen LogP contribution in [0.1, 0.15) is 19.4 Å². The van der Waals surface area contributed by atoms with Crippen molar-refractivity contribution < 1.29 is 32.3 Å². The molecule has 12 heteroatoms. The minimum absolute atomic E-state index is 0.0234. The molecule has 1 atom stereocenters. The molecule has 9 nitrogen and oxygen atoms in total. The third kappa shape index (κ3) is 7.51. The fraction of sp³-hybridized carbons (Fsp3) is 0.269. The van der Waals surface area contributed by atoms with Crippen LogP contribution in [-0.4, -0.2) is 45.7 Å². The summed E-state index contributed by atoms with van der Waals surface area (Å²) in [6, 6.07) is 14.2. The van der Waals surface area contributed by atoms with Crippen molar-refractivity contribution in [2.75, 3.05) is 5.32 Å². The molecule has 0 saturated heterocycles. The summed E-state index contributed by atoms with van der Waals surface area (Å²) < 4.78 is 45.7. The number of carbonyl (C=O) groups is 3. The molecule has 2 aromatic carbocycles. The van der Waals surface area contributed by atoms with Crippen LogP contribution in [0.5, 0.6) is 0 Å². The summed E-state index contributed by atoms with van der Waals surface area (Å²) in [6.45, 7) is 2.43. The number of carbonyl (C=O) groups excluding carboxylic acids is 3. The van der Waals surface area contributed by atoms with Gasteiger partial charge in [0.15, 0.2) is 0 Å². The van der Waals surface area contributed by atoms with Crippen molar-refractivity contribution in [2.45, 2.75) is 45.1 Å². The third-order valence-electron chi connectivity index (χ3n) is 5.17. The summed E-state index contributed by atoms with van der Waals surface area (Å²) in [5.74, 6) is -3.14. The van der Waals surface area contributed by atoms with Gasteiger partial charge in [0.1, 0.15) is 24.1 Å². The van der Waals surface area contributed by atoms with Gasteiger partial charge in [-0.1, -0.05) is 60.7 Å². The Morgan fingerprint density at radius 2 is 1.61 bits per heavy atom. The van der Waals surface area contributed by atoms with Crippen molar-refractivity contribution in [3.8, 4) is 11.4 Å². The van der Waals surface area contributed by atoms with Gasteiger partial charge in [-0.25, -0.2) is 9.78 Å². The minimum Gasteiger partial charge on any atom is -0.447 e. The predicted molar refractivity (Wildman–Crippen MR) is 132 cm³/mol. The van der Waals surface area contributed by atoms with E-state index >= 15 is 0 Å². The van der Waals surface area contributed by atoms with E-state index in [9.17, 15) is 32.3 Å².